The molecule has 1 aromatic heterocycles. The average molecular weight is 400 g/mol. The minimum atomic E-state index is 0.151. The van der Waals surface area contributed by atoms with Gasteiger partial charge in [0.05, 0.1) is 12.2 Å². The summed E-state index contributed by atoms with van der Waals surface area (Å²) in [6, 6.07) is 0. The molecule has 158 valence electrons. The molecule has 0 aromatic carbocycles. The molecular formula is C22H33N5O2. The molecule has 0 unspecified atom stereocenters. The second-order valence-electron chi connectivity index (χ2n) is 9.03. The van der Waals surface area contributed by atoms with Gasteiger partial charge in [-0.25, -0.2) is 9.97 Å². The van der Waals surface area contributed by atoms with E-state index in [9.17, 15) is 9.59 Å². The van der Waals surface area contributed by atoms with Crippen LogP contribution in [0.1, 0.15) is 62.5 Å². The van der Waals surface area contributed by atoms with Crippen molar-refractivity contribution in [3.05, 3.63) is 23.3 Å². The Morgan fingerprint density at radius 2 is 1.90 bits per heavy atom. The first kappa shape index (κ1) is 20.3. The molecule has 4 heterocycles. The summed E-state index contributed by atoms with van der Waals surface area (Å²) in [6.45, 7) is 9.46. The van der Waals surface area contributed by atoms with Crippen molar-refractivity contribution >= 4 is 11.8 Å². The molecule has 3 aliphatic heterocycles. The van der Waals surface area contributed by atoms with Gasteiger partial charge in [0.25, 0.3) is 0 Å². The molecule has 2 saturated heterocycles. The molecule has 29 heavy (non-hydrogen) atoms. The van der Waals surface area contributed by atoms with Crippen LogP contribution in [0.5, 0.6) is 0 Å². The van der Waals surface area contributed by atoms with E-state index in [1.807, 2.05) is 16.0 Å². The van der Waals surface area contributed by atoms with Crippen molar-refractivity contribution in [2.45, 2.75) is 58.4 Å². The summed E-state index contributed by atoms with van der Waals surface area (Å²) in [6.07, 6.45) is 7.06. The Balaban J connectivity index is 1.34. The molecule has 2 fully saturated rings. The normalized spacial score (nSPS) is 23.7. The highest BCUT2D eigenvalue weighted by Crippen LogP contribution is 2.27. The van der Waals surface area contributed by atoms with Gasteiger partial charge in [0.15, 0.2) is 0 Å². The third-order valence-electron chi connectivity index (χ3n) is 6.71. The van der Waals surface area contributed by atoms with Crippen molar-refractivity contribution in [3.63, 3.8) is 0 Å². The summed E-state index contributed by atoms with van der Waals surface area (Å²) in [5.74, 6) is 2.31. The summed E-state index contributed by atoms with van der Waals surface area (Å²) in [7, 11) is 0. The van der Waals surface area contributed by atoms with Crippen LogP contribution in [0.4, 0.5) is 0 Å². The van der Waals surface area contributed by atoms with Gasteiger partial charge in [-0.05, 0) is 38.1 Å². The highest BCUT2D eigenvalue weighted by Gasteiger charge is 2.28. The van der Waals surface area contributed by atoms with Gasteiger partial charge in [0, 0.05) is 63.7 Å². The molecule has 0 spiro atoms. The van der Waals surface area contributed by atoms with Gasteiger partial charge in [0.1, 0.15) is 5.82 Å². The molecule has 1 aromatic rings. The van der Waals surface area contributed by atoms with Crippen molar-refractivity contribution < 1.29 is 9.59 Å². The first-order valence-electron chi connectivity index (χ1n) is 11.1. The molecule has 0 saturated carbocycles. The van der Waals surface area contributed by atoms with Crippen LogP contribution < -0.4 is 0 Å². The maximum absolute atomic E-state index is 12.8. The van der Waals surface area contributed by atoms with Gasteiger partial charge in [-0.1, -0.05) is 6.92 Å². The fourth-order valence-corrected chi connectivity index (χ4v) is 4.92. The smallest absolute Gasteiger partial charge is 0.237 e. The van der Waals surface area contributed by atoms with Crippen LogP contribution in [0.25, 0.3) is 0 Å². The summed E-state index contributed by atoms with van der Waals surface area (Å²) in [5, 5.41) is 0. The van der Waals surface area contributed by atoms with E-state index in [1.54, 1.807) is 6.92 Å². The van der Waals surface area contributed by atoms with Crippen molar-refractivity contribution in [2.75, 3.05) is 39.3 Å². The first-order valence-corrected chi connectivity index (χ1v) is 11.1. The Bertz CT molecular complexity index is 760. The lowest BCUT2D eigenvalue weighted by atomic mass is 9.95. The molecule has 0 bridgehead atoms. The average Bonchev–Trinajstić information content (AvgIpc) is 2.73. The molecule has 0 aliphatic carbocycles. The van der Waals surface area contributed by atoms with Crippen molar-refractivity contribution in [2.24, 2.45) is 5.92 Å². The van der Waals surface area contributed by atoms with Crippen LogP contribution in [-0.2, 0) is 22.6 Å². The van der Waals surface area contributed by atoms with Crippen LogP contribution in [-0.4, -0.2) is 75.8 Å². The van der Waals surface area contributed by atoms with E-state index in [0.717, 1.165) is 69.1 Å². The minimum absolute atomic E-state index is 0.151. The quantitative estimate of drug-likeness (QED) is 0.775. The van der Waals surface area contributed by atoms with E-state index in [1.165, 1.54) is 12.8 Å². The highest BCUT2D eigenvalue weighted by molar-refractivity contribution is 5.78. The summed E-state index contributed by atoms with van der Waals surface area (Å²) < 4.78 is 0. The molecule has 2 amide bonds. The third kappa shape index (κ3) is 4.77. The van der Waals surface area contributed by atoms with Crippen LogP contribution >= 0.6 is 0 Å². The van der Waals surface area contributed by atoms with Gasteiger partial charge < -0.3 is 9.80 Å². The van der Waals surface area contributed by atoms with Crippen LogP contribution in [0.3, 0.4) is 0 Å². The van der Waals surface area contributed by atoms with Crippen LogP contribution in [0.2, 0.25) is 0 Å². The maximum atomic E-state index is 12.8. The minimum Gasteiger partial charge on any atom is -0.343 e. The topological polar surface area (TPSA) is 69.6 Å². The Morgan fingerprint density at radius 3 is 2.62 bits per heavy atom. The van der Waals surface area contributed by atoms with Gasteiger partial charge in [-0.3, -0.25) is 14.5 Å². The van der Waals surface area contributed by atoms with Gasteiger partial charge in [-0.15, -0.1) is 0 Å². The number of aromatic nitrogens is 2. The van der Waals surface area contributed by atoms with E-state index in [2.05, 4.69) is 16.8 Å². The highest BCUT2D eigenvalue weighted by atomic mass is 16.2. The van der Waals surface area contributed by atoms with Gasteiger partial charge >= 0.3 is 0 Å². The molecule has 0 N–H and O–H groups in total. The first-order chi connectivity index (χ1) is 14.0. The lowest BCUT2D eigenvalue weighted by Crippen LogP contribution is -2.45. The Labute approximate surface area is 173 Å². The van der Waals surface area contributed by atoms with E-state index >= 15 is 0 Å². The fourth-order valence-electron chi connectivity index (χ4n) is 4.92. The number of hydrogen-bond donors (Lipinski definition) is 0. The zero-order valence-corrected chi connectivity index (χ0v) is 17.8. The van der Waals surface area contributed by atoms with E-state index in [4.69, 9.17) is 4.98 Å². The van der Waals surface area contributed by atoms with E-state index in [-0.39, 0.29) is 11.8 Å². The number of carbonyl (C=O) groups is 2. The lowest BCUT2D eigenvalue weighted by Gasteiger charge is -2.34. The van der Waals surface area contributed by atoms with Crippen molar-refractivity contribution in [3.8, 4) is 0 Å². The number of likely N-dealkylation sites (tertiary alicyclic amines) is 2. The van der Waals surface area contributed by atoms with Crippen molar-refractivity contribution in [1.82, 2.24) is 24.7 Å². The monoisotopic (exact) mass is 399 g/mol. The summed E-state index contributed by atoms with van der Waals surface area (Å²) in [5.41, 5.74) is 2.18. The zero-order valence-electron chi connectivity index (χ0n) is 17.8. The van der Waals surface area contributed by atoms with Crippen LogP contribution in [0, 0.1) is 5.92 Å². The Hall–Kier alpha value is -2.02. The Morgan fingerprint density at radius 1 is 1.10 bits per heavy atom. The van der Waals surface area contributed by atoms with E-state index in [0.29, 0.717) is 24.9 Å². The molecule has 7 nitrogen and oxygen atoms in total. The van der Waals surface area contributed by atoms with Gasteiger partial charge in [-0.2, -0.15) is 0 Å². The number of amides is 2. The van der Waals surface area contributed by atoms with Crippen molar-refractivity contribution in [1.29, 1.82) is 0 Å². The third-order valence-corrected chi connectivity index (χ3v) is 6.71. The SMILES string of the molecule is CC(=O)N1CCC(c2ncc3c(n2)CCN(C(=O)CN2CCC[C@@H](C)C2)C3)CC1. The number of hydrogen-bond acceptors (Lipinski definition) is 5. The number of fused-ring (bicyclic) bond motifs is 1. The molecular weight excluding hydrogens is 366 g/mol. The second-order valence-corrected chi connectivity index (χ2v) is 9.03. The van der Waals surface area contributed by atoms with Crippen LogP contribution in [0.15, 0.2) is 6.20 Å². The summed E-state index contributed by atoms with van der Waals surface area (Å²) >= 11 is 0. The standard InChI is InChI=1S/C22H33N5O2/c1-16-4-3-8-25(13-16)15-21(29)27-11-7-20-19(14-27)12-23-22(24-20)18-5-9-26(10-6-18)17(2)28/h12,16,18H,3-11,13-15H2,1-2H3/t16-/m1/s1. The molecule has 0 radical (unpaired) electrons. The number of rotatable bonds is 3. The predicted molar refractivity (Wildman–Crippen MR) is 110 cm³/mol. The summed E-state index contributed by atoms with van der Waals surface area (Å²) in [4.78, 5) is 40.0. The fraction of sp³-hybridized carbons (Fsp3) is 0.727. The largest absolute Gasteiger partial charge is 0.343 e. The number of piperidine rings is 2. The Kier molecular flexibility index (Phi) is 6.13. The molecule has 1 atom stereocenters. The molecule has 7 heteroatoms. The molecule has 4 rings (SSSR count). The zero-order chi connectivity index (χ0) is 20.4. The number of nitrogens with zero attached hydrogens (tertiary/aromatic N) is 5. The van der Waals surface area contributed by atoms with E-state index < -0.39 is 0 Å². The number of carbonyl (C=O) groups excluding carboxylic acids is 2. The lowest BCUT2D eigenvalue weighted by molar-refractivity contribution is -0.134. The molecule has 3 aliphatic rings. The maximum Gasteiger partial charge on any atom is 0.237 e. The second kappa shape index (κ2) is 8.78. The van der Waals surface area contributed by atoms with Gasteiger partial charge in [0.2, 0.25) is 11.8 Å². The predicted octanol–water partition coefficient (Wildman–Crippen LogP) is 1.82.